The molecule has 2 aromatic carbocycles. The lowest BCUT2D eigenvalue weighted by molar-refractivity contribution is 0.0945. The highest BCUT2D eigenvalue weighted by Crippen LogP contribution is 2.22. The number of hydrogen-bond donors (Lipinski definition) is 2. The Kier molecular flexibility index (Phi) is 4.20. The van der Waals surface area contributed by atoms with Crippen LogP contribution in [0.5, 0.6) is 0 Å². The molecule has 1 atom stereocenters. The molecule has 1 amide bonds. The summed E-state index contributed by atoms with van der Waals surface area (Å²) in [6, 6.07) is 13.2. The van der Waals surface area contributed by atoms with Gasteiger partial charge in [0.1, 0.15) is 5.82 Å². The van der Waals surface area contributed by atoms with Crippen molar-refractivity contribution in [3.05, 3.63) is 70.5 Å². The van der Waals surface area contributed by atoms with E-state index in [-0.39, 0.29) is 17.5 Å². The van der Waals surface area contributed by atoms with E-state index in [1.807, 2.05) is 12.1 Å². The highest BCUT2D eigenvalue weighted by Gasteiger charge is 2.20. The fraction of sp³-hybridized carbons (Fsp3) is 0.278. The van der Waals surface area contributed by atoms with Crippen molar-refractivity contribution in [1.82, 2.24) is 10.6 Å². The number of rotatable bonds is 3. The largest absolute Gasteiger partial charge is 0.350 e. The molecule has 1 aliphatic heterocycles. The van der Waals surface area contributed by atoms with Gasteiger partial charge in [0.15, 0.2) is 0 Å². The maximum Gasteiger partial charge on any atom is 0.254 e. The number of carbonyl (C=O) groups is 1. The van der Waals surface area contributed by atoms with E-state index in [0.717, 1.165) is 13.0 Å². The molecule has 0 radical (unpaired) electrons. The Morgan fingerprint density at radius 2 is 2.09 bits per heavy atom. The minimum absolute atomic E-state index is 0.0711. The Labute approximate surface area is 129 Å². The van der Waals surface area contributed by atoms with Gasteiger partial charge in [0.05, 0.1) is 5.56 Å². The van der Waals surface area contributed by atoms with Crippen LogP contribution in [-0.4, -0.2) is 19.0 Å². The van der Waals surface area contributed by atoms with Gasteiger partial charge in [-0.25, -0.2) is 4.39 Å². The summed E-state index contributed by atoms with van der Waals surface area (Å²) < 4.78 is 14.0. The van der Waals surface area contributed by atoms with E-state index in [1.54, 1.807) is 19.1 Å². The first-order valence-corrected chi connectivity index (χ1v) is 7.51. The van der Waals surface area contributed by atoms with Crippen molar-refractivity contribution >= 4 is 5.91 Å². The summed E-state index contributed by atoms with van der Waals surface area (Å²) in [5, 5.41) is 6.24. The molecular formula is C18H19FN2O. The standard InChI is InChI=1S/C18H19FN2O/c1-12-5-4-8-15(17(12)19)18(22)21-11-16-14-7-3-2-6-13(14)9-10-20-16/h2-8,16,20H,9-11H2,1H3,(H,21,22). The van der Waals surface area contributed by atoms with Crippen LogP contribution in [0.25, 0.3) is 0 Å². The molecule has 0 aromatic heterocycles. The Morgan fingerprint density at radius 3 is 2.95 bits per heavy atom. The van der Waals surface area contributed by atoms with Gasteiger partial charge in [-0.2, -0.15) is 0 Å². The molecule has 0 bridgehead atoms. The highest BCUT2D eigenvalue weighted by molar-refractivity contribution is 5.94. The van der Waals surface area contributed by atoms with Crippen LogP contribution in [0.3, 0.4) is 0 Å². The van der Waals surface area contributed by atoms with Crippen LogP contribution < -0.4 is 10.6 Å². The normalized spacial score (nSPS) is 16.9. The van der Waals surface area contributed by atoms with Gasteiger partial charge in [0, 0.05) is 12.6 Å². The lowest BCUT2D eigenvalue weighted by atomic mass is 9.94. The molecule has 114 valence electrons. The zero-order chi connectivity index (χ0) is 15.5. The molecule has 1 unspecified atom stereocenters. The Hall–Kier alpha value is -2.20. The molecule has 0 fully saturated rings. The Morgan fingerprint density at radius 1 is 1.27 bits per heavy atom. The predicted octanol–water partition coefficient (Wildman–Crippen LogP) is 2.75. The van der Waals surface area contributed by atoms with Gasteiger partial charge in [-0.1, -0.05) is 36.4 Å². The molecule has 2 N–H and O–H groups in total. The van der Waals surface area contributed by atoms with Crippen molar-refractivity contribution in [2.75, 3.05) is 13.1 Å². The molecule has 1 heterocycles. The van der Waals surface area contributed by atoms with Crippen molar-refractivity contribution in [1.29, 1.82) is 0 Å². The van der Waals surface area contributed by atoms with E-state index in [1.165, 1.54) is 17.2 Å². The first-order chi connectivity index (χ1) is 10.7. The van der Waals surface area contributed by atoms with Crippen LogP contribution in [0.4, 0.5) is 4.39 Å². The predicted molar refractivity (Wildman–Crippen MR) is 84.4 cm³/mol. The summed E-state index contributed by atoms with van der Waals surface area (Å²) in [5.41, 5.74) is 3.10. The first kappa shape index (κ1) is 14.7. The van der Waals surface area contributed by atoms with E-state index < -0.39 is 5.82 Å². The molecule has 3 nitrogen and oxygen atoms in total. The topological polar surface area (TPSA) is 41.1 Å². The summed E-state index contributed by atoms with van der Waals surface area (Å²) in [7, 11) is 0. The average Bonchev–Trinajstić information content (AvgIpc) is 2.55. The maximum atomic E-state index is 14.0. The van der Waals surface area contributed by atoms with Crippen LogP contribution in [0.15, 0.2) is 42.5 Å². The van der Waals surface area contributed by atoms with Gasteiger partial charge in [-0.3, -0.25) is 4.79 Å². The van der Waals surface area contributed by atoms with Crippen LogP contribution >= 0.6 is 0 Å². The van der Waals surface area contributed by atoms with Crippen molar-refractivity contribution in [3.63, 3.8) is 0 Å². The van der Waals surface area contributed by atoms with Crippen molar-refractivity contribution in [2.45, 2.75) is 19.4 Å². The number of hydrogen-bond acceptors (Lipinski definition) is 2. The number of nitrogens with one attached hydrogen (secondary N) is 2. The number of aryl methyl sites for hydroxylation is 1. The highest BCUT2D eigenvalue weighted by atomic mass is 19.1. The second kappa shape index (κ2) is 6.28. The third-order valence-corrected chi connectivity index (χ3v) is 4.12. The number of amides is 1. The SMILES string of the molecule is Cc1cccc(C(=O)NCC2NCCc3ccccc32)c1F. The number of fused-ring (bicyclic) bond motifs is 1. The third-order valence-electron chi connectivity index (χ3n) is 4.12. The fourth-order valence-electron chi connectivity index (χ4n) is 2.89. The smallest absolute Gasteiger partial charge is 0.254 e. The van der Waals surface area contributed by atoms with Crippen LogP contribution in [0, 0.1) is 12.7 Å². The monoisotopic (exact) mass is 298 g/mol. The minimum atomic E-state index is -0.447. The van der Waals surface area contributed by atoms with Crippen molar-refractivity contribution in [3.8, 4) is 0 Å². The van der Waals surface area contributed by atoms with E-state index >= 15 is 0 Å². The van der Waals surface area contributed by atoms with Crippen LogP contribution in [0.2, 0.25) is 0 Å². The molecule has 1 aliphatic rings. The van der Waals surface area contributed by atoms with Crippen molar-refractivity contribution < 1.29 is 9.18 Å². The molecule has 22 heavy (non-hydrogen) atoms. The zero-order valence-corrected chi connectivity index (χ0v) is 12.5. The van der Waals surface area contributed by atoms with Crippen LogP contribution in [-0.2, 0) is 6.42 Å². The first-order valence-electron chi connectivity index (χ1n) is 7.51. The van der Waals surface area contributed by atoms with Gasteiger partial charge >= 0.3 is 0 Å². The van der Waals surface area contributed by atoms with Gasteiger partial charge in [-0.05, 0) is 42.6 Å². The molecule has 2 aromatic rings. The Balaban J connectivity index is 1.71. The third kappa shape index (κ3) is 2.88. The van der Waals surface area contributed by atoms with E-state index in [4.69, 9.17) is 0 Å². The summed E-state index contributed by atoms with van der Waals surface area (Å²) in [6.45, 7) is 2.99. The van der Waals surface area contributed by atoms with Gasteiger partial charge in [0.2, 0.25) is 0 Å². The molecule has 3 rings (SSSR count). The van der Waals surface area contributed by atoms with E-state index in [2.05, 4.69) is 22.8 Å². The number of benzene rings is 2. The van der Waals surface area contributed by atoms with Gasteiger partial charge in [-0.15, -0.1) is 0 Å². The lowest BCUT2D eigenvalue weighted by Gasteiger charge is -2.27. The molecule has 0 saturated carbocycles. The van der Waals surface area contributed by atoms with Gasteiger partial charge in [0.25, 0.3) is 5.91 Å². The summed E-state index contributed by atoms with van der Waals surface area (Å²) >= 11 is 0. The van der Waals surface area contributed by atoms with Gasteiger partial charge < -0.3 is 10.6 Å². The molecular weight excluding hydrogens is 279 g/mol. The molecule has 0 saturated heterocycles. The number of halogens is 1. The molecule has 0 spiro atoms. The van der Waals surface area contributed by atoms with Crippen molar-refractivity contribution in [2.24, 2.45) is 0 Å². The molecule has 4 heteroatoms. The maximum absolute atomic E-state index is 14.0. The number of carbonyl (C=O) groups excluding carboxylic acids is 1. The summed E-state index contributed by atoms with van der Waals surface area (Å²) in [5.74, 6) is -0.817. The zero-order valence-electron chi connectivity index (χ0n) is 12.5. The van der Waals surface area contributed by atoms with Crippen LogP contribution in [0.1, 0.15) is 33.1 Å². The summed E-state index contributed by atoms with van der Waals surface area (Å²) in [6.07, 6.45) is 0.993. The Bertz CT molecular complexity index is 699. The average molecular weight is 298 g/mol. The van der Waals surface area contributed by atoms with E-state index in [9.17, 15) is 9.18 Å². The second-order valence-corrected chi connectivity index (χ2v) is 5.60. The fourth-order valence-corrected chi connectivity index (χ4v) is 2.89. The quantitative estimate of drug-likeness (QED) is 0.915. The summed E-state index contributed by atoms with van der Waals surface area (Å²) in [4.78, 5) is 12.2. The van der Waals surface area contributed by atoms with E-state index in [0.29, 0.717) is 12.1 Å². The lowest BCUT2D eigenvalue weighted by Crippen LogP contribution is -2.39. The minimum Gasteiger partial charge on any atom is -0.350 e. The molecule has 0 aliphatic carbocycles. The second-order valence-electron chi connectivity index (χ2n) is 5.60.